The Hall–Kier alpha value is -2.10. The molecule has 4 heteroatoms. The molecule has 0 aliphatic heterocycles. The molecule has 1 unspecified atom stereocenters. The van der Waals surface area contributed by atoms with E-state index in [0.717, 1.165) is 16.6 Å². The predicted octanol–water partition coefficient (Wildman–Crippen LogP) is 4.39. The van der Waals surface area contributed by atoms with Gasteiger partial charge in [-0.15, -0.1) is 0 Å². The number of benzene rings is 2. The monoisotopic (exact) mass is 327 g/mol. The molecule has 3 aromatic rings. The van der Waals surface area contributed by atoms with Gasteiger partial charge in [0.15, 0.2) is 5.78 Å². The highest BCUT2D eigenvalue weighted by atomic mass is 35.5. The Bertz CT molecular complexity index is 865. The molecule has 0 aliphatic carbocycles. The zero-order chi connectivity index (χ0) is 16.6. The number of hydrogen-bond donors (Lipinski definition) is 1. The molecule has 0 bridgehead atoms. The van der Waals surface area contributed by atoms with Gasteiger partial charge in [0.2, 0.25) is 0 Å². The van der Waals surface area contributed by atoms with Crippen LogP contribution in [0.25, 0.3) is 10.9 Å². The average molecular weight is 328 g/mol. The van der Waals surface area contributed by atoms with E-state index in [1.807, 2.05) is 42.7 Å². The van der Waals surface area contributed by atoms with Crippen molar-refractivity contribution in [2.75, 3.05) is 6.61 Å². The van der Waals surface area contributed by atoms with Crippen molar-refractivity contribution in [2.24, 2.45) is 0 Å². The van der Waals surface area contributed by atoms with E-state index < -0.39 is 0 Å². The van der Waals surface area contributed by atoms with Gasteiger partial charge in [0.25, 0.3) is 0 Å². The van der Waals surface area contributed by atoms with Crippen molar-refractivity contribution in [3.8, 4) is 0 Å². The van der Waals surface area contributed by atoms with Crippen LogP contribution >= 0.6 is 11.6 Å². The third-order valence-electron chi connectivity index (χ3n) is 4.19. The van der Waals surface area contributed by atoms with E-state index in [4.69, 9.17) is 11.6 Å². The standard InChI is InChI=1S/C19H18ClNO2/c1-12(11-22)21-13(2)18(16-5-3-4-6-17(16)21)19(23)14-7-9-15(20)10-8-14/h3-10,12,22H,11H2,1-2H3. The molecule has 1 aromatic heterocycles. The number of rotatable bonds is 4. The first-order valence-corrected chi connectivity index (χ1v) is 7.93. The van der Waals surface area contributed by atoms with Gasteiger partial charge in [-0.25, -0.2) is 0 Å². The molecule has 3 nitrogen and oxygen atoms in total. The maximum atomic E-state index is 13.0. The maximum absolute atomic E-state index is 13.0. The highest BCUT2D eigenvalue weighted by molar-refractivity contribution is 6.30. The fourth-order valence-electron chi connectivity index (χ4n) is 3.07. The second kappa shape index (κ2) is 6.19. The van der Waals surface area contributed by atoms with Gasteiger partial charge < -0.3 is 9.67 Å². The van der Waals surface area contributed by atoms with Gasteiger partial charge in [-0.05, 0) is 44.2 Å². The smallest absolute Gasteiger partial charge is 0.195 e. The van der Waals surface area contributed by atoms with Crippen LogP contribution in [-0.2, 0) is 0 Å². The van der Waals surface area contributed by atoms with E-state index in [0.29, 0.717) is 16.1 Å². The van der Waals surface area contributed by atoms with E-state index in [1.165, 1.54) is 0 Å². The first-order chi connectivity index (χ1) is 11.0. The summed E-state index contributed by atoms with van der Waals surface area (Å²) >= 11 is 5.91. The average Bonchev–Trinajstić information content (AvgIpc) is 2.86. The highest BCUT2D eigenvalue weighted by Crippen LogP contribution is 2.30. The number of carbonyl (C=O) groups excluding carboxylic acids is 1. The molecular formula is C19H18ClNO2. The minimum absolute atomic E-state index is 0.0219. The summed E-state index contributed by atoms with van der Waals surface area (Å²) in [5.74, 6) is -0.0285. The third kappa shape index (κ3) is 2.67. The molecule has 118 valence electrons. The minimum atomic E-state index is -0.0910. The molecule has 1 atom stereocenters. The van der Waals surface area contributed by atoms with Crippen molar-refractivity contribution < 1.29 is 9.90 Å². The van der Waals surface area contributed by atoms with Crippen molar-refractivity contribution in [1.29, 1.82) is 0 Å². The van der Waals surface area contributed by atoms with Gasteiger partial charge in [0, 0.05) is 27.2 Å². The number of halogens is 1. The molecule has 2 aromatic carbocycles. The summed E-state index contributed by atoms with van der Waals surface area (Å²) in [7, 11) is 0. The lowest BCUT2D eigenvalue weighted by atomic mass is 10.0. The number of hydrogen-bond acceptors (Lipinski definition) is 2. The van der Waals surface area contributed by atoms with E-state index in [-0.39, 0.29) is 18.4 Å². The van der Waals surface area contributed by atoms with Crippen molar-refractivity contribution in [1.82, 2.24) is 4.57 Å². The minimum Gasteiger partial charge on any atom is -0.394 e. The van der Waals surface area contributed by atoms with Crippen LogP contribution < -0.4 is 0 Å². The van der Waals surface area contributed by atoms with Gasteiger partial charge in [0.05, 0.1) is 18.2 Å². The number of aliphatic hydroxyl groups excluding tert-OH is 1. The van der Waals surface area contributed by atoms with Gasteiger partial charge >= 0.3 is 0 Å². The molecular weight excluding hydrogens is 310 g/mol. The SMILES string of the molecule is Cc1c(C(=O)c2ccc(Cl)cc2)c2ccccc2n1C(C)CO. The topological polar surface area (TPSA) is 42.2 Å². The lowest BCUT2D eigenvalue weighted by Gasteiger charge is -2.15. The normalized spacial score (nSPS) is 12.5. The van der Waals surface area contributed by atoms with Gasteiger partial charge in [-0.2, -0.15) is 0 Å². The van der Waals surface area contributed by atoms with Crippen LogP contribution in [0.2, 0.25) is 5.02 Å². The summed E-state index contributed by atoms with van der Waals surface area (Å²) < 4.78 is 2.03. The second-order valence-corrected chi connectivity index (χ2v) is 6.15. The largest absolute Gasteiger partial charge is 0.394 e. The van der Waals surface area contributed by atoms with Crippen LogP contribution in [0.4, 0.5) is 0 Å². The molecule has 1 heterocycles. The zero-order valence-electron chi connectivity index (χ0n) is 13.1. The first-order valence-electron chi connectivity index (χ1n) is 7.55. The maximum Gasteiger partial charge on any atom is 0.195 e. The molecule has 0 spiro atoms. The number of fused-ring (bicyclic) bond motifs is 1. The van der Waals surface area contributed by atoms with Gasteiger partial charge in [-0.1, -0.05) is 29.8 Å². The second-order valence-electron chi connectivity index (χ2n) is 5.72. The van der Waals surface area contributed by atoms with Crippen LogP contribution in [-0.4, -0.2) is 22.1 Å². The summed E-state index contributed by atoms with van der Waals surface area (Å²) in [4.78, 5) is 13.0. The fourth-order valence-corrected chi connectivity index (χ4v) is 3.20. The lowest BCUT2D eigenvalue weighted by Crippen LogP contribution is -2.12. The highest BCUT2D eigenvalue weighted by Gasteiger charge is 2.22. The zero-order valence-corrected chi connectivity index (χ0v) is 13.8. The molecule has 0 radical (unpaired) electrons. The molecule has 0 aliphatic rings. The summed E-state index contributed by atoms with van der Waals surface area (Å²) in [6.45, 7) is 3.89. The first kappa shape index (κ1) is 15.8. The van der Waals surface area contributed by atoms with Gasteiger partial charge in [0.1, 0.15) is 0 Å². The number of para-hydroxylation sites is 1. The molecule has 1 N–H and O–H groups in total. The molecule has 0 fully saturated rings. The number of carbonyl (C=O) groups is 1. The van der Waals surface area contributed by atoms with Crippen LogP contribution in [0.15, 0.2) is 48.5 Å². The van der Waals surface area contributed by atoms with Crippen LogP contribution in [0.5, 0.6) is 0 Å². The third-order valence-corrected chi connectivity index (χ3v) is 4.45. The number of ketones is 1. The summed E-state index contributed by atoms with van der Waals surface area (Å²) in [5.41, 5.74) is 3.12. The summed E-state index contributed by atoms with van der Waals surface area (Å²) in [6.07, 6.45) is 0. The molecule has 0 saturated carbocycles. The fraction of sp³-hybridized carbons (Fsp3) is 0.211. The molecule has 3 rings (SSSR count). The van der Waals surface area contributed by atoms with E-state index in [1.54, 1.807) is 24.3 Å². The Labute approximate surface area is 140 Å². The van der Waals surface area contributed by atoms with Crippen molar-refractivity contribution in [3.05, 3.63) is 70.4 Å². The van der Waals surface area contributed by atoms with E-state index in [9.17, 15) is 9.90 Å². The summed E-state index contributed by atoms with van der Waals surface area (Å²) in [5, 5.41) is 11.1. The number of aliphatic hydroxyl groups is 1. The Morgan fingerprint density at radius 2 is 1.83 bits per heavy atom. The predicted molar refractivity (Wildman–Crippen MR) is 93.4 cm³/mol. The number of aromatic nitrogens is 1. The van der Waals surface area contributed by atoms with Crippen molar-refractivity contribution >= 4 is 28.3 Å². The lowest BCUT2D eigenvalue weighted by molar-refractivity contribution is 0.103. The Kier molecular flexibility index (Phi) is 4.24. The quantitative estimate of drug-likeness (QED) is 0.722. The van der Waals surface area contributed by atoms with Crippen LogP contribution in [0.3, 0.4) is 0 Å². The van der Waals surface area contributed by atoms with Crippen LogP contribution in [0.1, 0.15) is 34.6 Å². The van der Waals surface area contributed by atoms with E-state index >= 15 is 0 Å². The Morgan fingerprint density at radius 1 is 1.17 bits per heavy atom. The molecule has 0 amide bonds. The van der Waals surface area contributed by atoms with Crippen LogP contribution in [0, 0.1) is 6.92 Å². The van der Waals surface area contributed by atoms with Crippen molar-refractivity contribution in [3.63, 3.8) is 0 Å². The Balaban J connectivity index is 2.23. The Morgan fingerprint density at radius 3 is 2.48 bits per heavy atom. The molecule has 23 heavy (non-hydrogen) atoms. The van der Waals surface area contributed by atoms with E-state index in [2.05, 4.69) is 0 Å². The number of nitrogens with zero attached hydrogens (tertiary/aromatic N) is 1. The molecule has 0 saturated heterocycles. The summed E-state index contributed by atoms with van der Waals surface area (Å²) in [6, 6.07) is 14.6. The van der Waals surface area contributed by atoms with Crippen molar-refractivity contribution in [2.45, 2.75) is 19.9 Å². The van der Waals surface area contributed by atoms with Gasteiger partial charge in [-0.3, -0.25) is 4.79 Å².